The lowest BCUT2D eigenvalue weighted by atomic mass is 10.1. The predicted octanol–water partition coefficient (Wildman–Crippen LogP) is 1.02. The molecule has 0 spiro atoms. The van der Waals surface area contributed by atoms with Gasteiger partial charge in [-0.05, 0) is 32.8 Å². The second-order valence-corrected chi connectivity index (χ2v) is 6.44. The van der Waals surface area contributed by atoms with E-state index in [-0.39, 0.29) is 23.6 Å². The lowest BCUT2D eigenvalue weighted by molar-refractivity contribution is -0.0251. The van der Waals surface area contributed by atoms with Gasteiger partial charge >= 0.3 is 0 Å². The standard InChI is InChI=1S/C17H23N5O3/c1-12(2)22-15(5-6-20-22)17(24)21-7-8-25-14(10-21)4-3-13-9-16(23)19-11-18-13/h5-6,9,11-12,14H,3-4,7-8,10H2,1-2H3,(H,18,19,23). The van der Waals surface area contributed by atoms with Gasteiger partial charge in [0.1, 0.15) is 5.69 Å². The van der Waals surface area contributed by atoms with Crippen molar-refractivity contribution in [2.75, 3.05) is 19.7 Å². The molecule has 0 bridgehead atoms. The zero-order chi connectivity index (χ0) is 17.8. The van der Waals surface area contributed by atoms with E-state index < -0.39 is 0 Å². The smallest absolute Gasteiger partial charge is 0.272 e. The van der Waals surface area contributed by atoms with Gasteiger partial charge in [0.05, 0.1) is 19.0 Å². The Labute approximate surface area is 145 Å². The first kappa shape index (κ1) is 17.3. The second kappa shape index (κ2) is 7.60. The summed E-state index contributed by atoms with van der Waals surface area (Å²) in [5.41, 5.74) is 1.17. The van der Waals surface area contributed by atoms with Gasteiger partial charge in [0.25, 0.3) is 11.5 Å². The fraction of sp³-hybridized carbons (Fsp3) is 0.529. The Morgan fingerprint density at radius 3 is 3.08 bits per heavy atom. The summed E-state index contributed by atoms with van der Waals surface area (Å²) < 4.78 is 7.52. The summed E-state index contributed by atoms with van der Waals surface area (Å²) >= 11 is 0. The third-order valence-electron chi connectivity index (χ3n) is 4.26. The van der Waals surface area contributed by atoms with E-state index in [4.69, 9.17) is 4.74 Å². The molecule has 1 atom stereocenters. The number of carbonyl (C=O) groups excluding carboxylic acids is 1. The zero-order valence-electron chi connectivity index (χ0n) is 14.5. The van der Waals surface area contributed by atoms with E-state index in [0.717, 1.165) is 5.69 Å². The molecule has 1 saturated heterocycles. The summed E-state index contributed by atoms with van der Waals surface area (Å²) in [6.45, 7) is 5.61. The summed E-state index contributed by atoms with van der Waals surface area (Å²) in [7, 11) is 0. The highest BCUT2D eigenvalue weighted by Crippen LogP contribution is 2.16. The Kier molecular flexibility index (Phi) is 5.28. The first-order chi connectivity index (χ1) is 12.0. The zero-order valence-corrected chi connectivity index (χ0v) is 14.5. The van der Waals surface area contributed by atoms with Crippen LogP contribution < -0.4 is 5.56 Å². The monoisotopic (exact) mass is 345 g/mol. The summed E-state index contributed by atoms with van der Waals surface area (Å²) in [6.07, 6.45) is 4.35. The number of H-pyrrole nitrogens is 1. The normalized spacial score (nSPS) is 17.9. The fourth-order valence-electron chi connectivity index (χ4n) is 2.99. The highest BCUT2D eigenvalue weighted by molar-refractivity contribution is 5.92. The van der Waals surface area contributed by atoms with Crippen molar-refractivity contribution in [3.63, 3.8) is 0 Å². The van der Waals surface area contributed by atoms with Gasteiger partial charge in [0.2, 0.25) is 0 Å². The van der Waals surface area contributed by atoms with Crippen LogP contribution in [0.5, 0.6) is 0 Å². The van der Waals surface area contributed by atoms with Crippen LogP contribution in [0.1, 0.15) is 42.5 Å². The third-order valence-corrected chi connectivity index (χ3v) is 4.26. The van der Waals surface area contributed by atoms with Gasteiger partial charge in [-0.25, -0.2) is 4.98 Å². The number of aromatic amines is 1. The fourth-order valence-corrected chi connectivity index (χ4v) is 2.99. The molecule has 134 valence electrons. The number of morpholine rings is 1. The Morgan fingerprint density at radius 1 is 1.48 bits per heavy atom. The number of nitrogens with zero attached hydrogens (tertiary/aromatic N) is 4. The van der Waals surface area contributed by atoms with Crippen molar-refractivity contribution < 1.29 is 9.53 Å². The molecule has 0 aromatic carbocycles. The Hall–Kier alpha value is -2.48. The SMILES string of the molecule is CC(C)n1nccc1C(=O)N1CCOC(CCc2cc(=O)[nH]cn2)C1. The van der Waals surface area contributed by atoms with Crippen LogP contribution in [0.15, 0.2) is 29.5 Å². The minimum atomic E-state index is -0.159. The second-order valence-electron chi connectivity index (χ2n) is 6.44. The number of hydrogen-bond donors (Lipinski definition) is 1. The van der Waals surface area contributed by atoms with Gasteiger partial charge in [0, 0.05) is 37.1 Å². The minimum absolute atomic E-state index is 0.0196. The lowest BCUT2D eigenvalue weighted by Gasteiger charge is -2.33. The summed E-state index contributed by atoms with van der Waals surface area (Å²) in [4.78, 5) is 32.6. The van der Waals surface area contributed by atoms with Crippen molar-refractivity contribution in [3.8, 4) is 0 Å². The summed E-state index contributed by atoms with van der Waals surface area (Å²) in [5.74, 6) is -0.0196. The summed E-state index contributed by atoms with van der Waals surface area (Å²) in [6, 6.07) is 3.38. The molecule has 0 radical (unpaired) electrons. The van der Waals surface area contributed by atoms with Crippen molar-refractivity contribution >= 4 is 5.91 Å². The van der Waals surface area contributed by atoms with Crippen LogP contribution in [0, 0.1) is 0 Å². The van der Waals surface area contributed by atoms with Crippen LogP contribution in [0.4, 0.5) is 0 Å². The molecule has 1 aliphatic rings. The van der Waals surface area contributed by atoms with Crippen LogP contribution in [0.3, 0.4) is 0 Å². The molecule has 3 rings (SSSR count). The van der Waals surface area contributed by atoms with Gasteiger partial charge < -0.3 is 14.6 Å². The average Bonchev–Trinajstić information content (AvgIpc) is 3.10. The van der Waals surface area contributed by atoms with Crippen molar-refractivity contribution in [1.82, 2.24) is 24.6 Å². The molecule has 2 aromatic rings. The molecular formula is C17H23N5O3. The number of aromatic nitrogens is 4. The van der Waals surface area contributed by atoms with Crippen molar-refractivity contribution in [2.24, 2.45) is 0 Å². The maximum absolute atomic E-state index is 12.8. The van der Waals surface area contributed by atoms with Crippen LogP contribution in [-0.4, -0.2) is 56.4 Å². The maximum Gasteiger partial charge on any atom is 0.272 e. The van der Waals surface area contributed by atoms with Gasteiger partial charge in [0.15, 0.2) is 0 Å². The summed E-state index contributed by atoms with van der Waals surface area (Å²) in [5, 5.41) is 4.23. The van der Waals surface area contributed by atoms with E-state index in [2.05, 4.69) is 15.1 Å². The molecule has 1 fully saturated rings. The number of carbonyl (C=O) groups is 1. The van der Waals surface area contributed by atoms with Crippen molar-refractivity contribution in [3.05, 3.63) is 46.4 Å². The largest absolute Gasteiger partial charge is 0.375 e. The molecule has 1 unspecified atom stereocenters. The van der Waals surface area contributed by atoms with Crippen LogP contribution in [0.2, 0.25) is 0 Å². The van der Waals surface area contributed by atoms with Crippen molar-refractivity contribution in [1.29, 1.82) is 0 Å². The van der Waals surface area contributed by atoms with E-state index in [0.29, 0.717) is 38.2 Å². The molecule has 3 heterocycles. The number of aryl methyl sites for hydroxylation is 1. The van der Waals surface area contributed by atoms with Gasteiger partial charge in [-0.15, -0.1) is 0 Å². The van der Waals surface area contributed by atoms with E-state index >= 15 is 0 Å². The maximum atomic E-state index is 12.8. The molecule has 1 aliphatic heterocycles. The molecule has 0 aliphatic carbocycles. The average molecular weight is 345 g/mol. The number of rotatable bonds is 5. The molecule has 8 nitrogen and oxygen atoms in total. The highest BCUT2D eigenvalue weighted by atomic mass is 16.5. The molecule has 8 heteroatoms. The third kappa shape index (κ3) is 4.14. The number of hydrogen-bond acceptors (Lipinski definition) is 5. The highest BCUT2D eigenvalue weighted by Gasteiger charge is 2.27. The minimum Gasteiger partial charge on any atom is -0.375 e. The Bertz CT molecular complexity index is 782. The molecule has 0 saturated carbocycles. The first-order valence-electron chi connectivity index (χ1n) is 8.52. The van der Waals surface area contributed by atoms with Crippen LogP contribution in [-0.2, 0) is 11.2 Å². The molecule has 2 aromatic heterocycles. The predicted molar refractivity (Wildman–Crippen MR) is 91.4 cm³/mol. The van der Waals surface area contributed by atoms with E-state index in [1.807, 2.05) is 18.7 Å². The van der Waals surface area contributed by atoms with Gasteiger partial charge in [-0.2, -0.15) is 5.10 Å². The molecular weight excluding hydrogens is 322 g/mol. The van der Waals surface area contributed by atoms with Crippen molar-refractivity contribution in [2.45, 2.75) is 38.8 Å². The lowest BCUT2D eigenvalue weighted by Crippen LogP contribution is -2.46. The number of amides is 1. The van der Waals surface area contributed by atoms with E-state index in [1.54, 1.807) is 16.9 Å². The Morgan fingerprint density at radius 2 is 2.32 bits per heavy atom. The number of nitrogens with one attached hydrogen (secondary N) is 1. The van der Waals surface area contributed by atoms with Crippen LogP contribution in [0.25, 0.3) is 0 Å². The van der Waals surface area contributed by atoms with E-state index in [9.17, 15) is 9.59 Å². The van der Waals surface area contributed by atoms with Gasteiger partial charge in [-0.3, -0.25) is 14.3 Å². The first-order valence-corrected chi connectivity index (χ1v) is 8.52. The molecule has 1 amide bonds. The van der Waals surface area contributed by atoms with Crippen LogP contribution >= 0.6 is 0 Å². The van der Waals surface area contributed by atoms with E-state index in [1.165, 1.54) is 12.4 Å². The quantitative estimate of drug-likeness (QED) is 0.873. The Balaban J connectivity index is 1.61. The molecule has 1 N–H and O–H groups in total. The van der Waals surface area contributed by atoms with Gasteiger partial charge in [-0.1, -0.05) is 0 Å². The topological polar surface area (TPSA) is 93.1 Å². The molecule has 25 heavy (non-hydrogen) atoms. The number of ether oxygens (including phenoxy) is 1.